The Kier molecular flexibility index (Phi) is 5.33. The van der Waals surface area contributed by atoms with E-state index >= 15 is 0 Å². The van der Waals surface area contributed by atoms with Crippen LogP contribution in [0.1, 0.15) is 35.4 Å². The third-order valence-electron chi connectivity index (χ3n) is 5.88. The van der Waals surface area contributed by atoms with Gasteiger partial charge in [-0.1, -0.05) is 31.2 Å². The molecule has 6 nitrogen and oxygen atoms in total. The van der Waals surface area contributed by atoms with E-state index in [-0.39, 0.29) is 18.2 Å². The van der Waals surface area contributed by atoms with Crippen molar-refractivity contribution in [2.24, 2.45) is 0 Å². The van der Waals surface area contributed by atoms with Crippen molar-refractivity contribution in [2.75, 3.05) is 45.2 Å². The molecule has 4 rings (SSSR count). The minimum atomic E-state index is 0.00179. The molecular weight excluding hydrogens is 350 g/mol. The van der Waals surface area contributed by atoms with Crippen molar-refractivity contribution in [3.05, 3.63) is 59.8 Å². The van der Waals surface area contributed by atoms with E-state index in [0.29, 0.717) is 0 Å². The van der Waals surface area contributed by atoms with Gasteiger partial charge in [-0.15, -0.1) is 0 Å². The lowest BCUT2D eigenvalue weighted by atomic mass is 10.1. The zero-order chi connectivity index (χ0) is 19.7. The Balaban J connectivity index is 1.60. The summed E-state index contributed by atoms with van der Waals surface area (Å²) in [5, 5.41) is 0. The van der Waals surface area contributed by atoms with Crippen molar-refractivity contribution in [3.63, 3.8) is 0 Å². The molecule has 0 N–H and O–H groups in total. The highest BCUT2D eigenvalue weighted by Crippen LogP contribution is 2.39. The van der Waals surface area contributed by atoms with Crippen LogP contribution in [-0.2, 0) is 0 Å². The summed E-state index contributed by atoms with van der Waals surface area (Å²) in [6.45, 7) is 5.79. The Morgan fingerprint density at radius 1 is 1.07 bits per heavy atom. The van der Waals surface area contributed by atoms with Gasteiger partial charge < -0.3 is 9.80 Å². The fourth-order valence-corrected chi connectivity index (χ4v) is 4.53. The molecule has 2 aliphatic heterocycles. The Morgan fingerprint density at radius 3 is 2.43 bits per heavy atom. The molecule has 0 bridgehead atoms. The number of piperazine rings is 1. The van der Waals surface area contributed by atoms with Crippen LogP contribution in [0.2, 0.25) is 0 Å². The molecule has 1 aromatic carbocycles. The molecule has 2 aliphatic rings. The number of pyridine rings is 1. The number of carbonyl (C=O) groups excluding carboxylic acids is 1. The lowest BCUT2D eigenvalue weighted by Crippen LogP contribution is -2.55. The summed E-state index contributed by atoms with van der Waals surface area (Å²) >= 11 is 0. The lowest BCUT2D eigenvalue weighted by Gasteiger charge is -2.45. The zero-order valence-electron chi connectivity index (χ0n) is 17.0. The number of hydrogen-bond donors (Lipinski definition) is 0. The molecule has 1 aromatic heterocycles. The smallest absolute Gasteiger partial charge is 0.257 e. The Bertz CT molecular complexity index is 817. The molecule has 2 aromatic rings. The van der Waals surface area contributed by atoms with E-state index in [1.165, 1.54) is 0 Å². The van der Waals surface area contributed by atoms with Gasteiger partial charge in [0.1, 0.15) is 12.0 Å². The van der Waals surface area contributed by atoms with Gasteiger partial charge in [0.25, 0.3) is 5.91 Å². The van der Waals surface area contributed by atoms with Gasteiger partial charge in [0.05, 0.1) is 6.17 Å². The second kappa shape index (κ2) is 7.89. The summed E-state index contributed by atoms with van der Waals surface area (Å²) in [6.07, 6.45) is 2.83. The normalized spacial score (nSPS) is 21.3. The van der Waals surface area contributed by atoms with Crippen molar-refractivity contribution in [3.8, 4) is 0 Å². The number of carbonyl (C=O) groups is 1. The second-order valence-corrected chi connectivity index (χ2v) is 7.74. The van der Waals surface area contributed by atoms with E-state index in [0.717, 1.165) is 49.5 Å². The first-order valence-electron chi connectivity index (χ1n) is 10.1. The summed E-state index contributed by atoms with van der Waals surface area (Å²) in [6, 6.07) is 14.1. The molecule has 0 aliphatic carbocycles. The molecule has 2 atom stereocenters. The number of nitrogens with zero attached hydrogens (tertiary/aromatic N) is 5. The van der Waals surface area contributed by atoms with Gasteiger partial charge in [-0.25, -0.2) is 4.98 Å². The third kappa shape index (κ3) is 3.27. The van der Waals surface area contributed by atoms with Crippen LogP contribution in [0.15, 0.2) is 48.7 Å². The lowest BCUT2D eigenvalue weighted by molar-refractivity contribution is -0.0153. The van der Waals surface area contributed by atoms with Crippen LogP contribution in [0.5, 0.6) is 0 Å². The van der Waals surface area contributed by atoms with Crippen LogP contribution >= 0.6 is 0 Å². The fourth-order valence-electron chi connectivity index (χ4n) is 4.53. The molecule has 1 amide bonds. The molecule has 0 saturated carbocycles. The largest absolute Gasteiger partial charge is 0.354 e. The van der Waals surface area contributed by atoms with E-state index in [9.17, 15) is 4.79 Å². The molecule has 1 fully saturated rings. The molecule has 2 unspecified atom stereocenters. The minimum absolute atomic E-state index is 0.00179. The van der Waals surface area contributed by atoms with Gasteiger partial charge in [-0.3, -0.25) is 14.6 Å². The van der Waals surface area contributed by atoms with Crippen LogP contribution in [-0.4, -0.2) is 72.0 Å². The molecular formula is C22H29N5O. The van der Waals surface area contributed by atoms with Crippen molar-refractivity contribution < 1.29 is 4.79 Å². The monoisotopic (exact) mass is 379 g/mol. The summed E-state index contributed by atoms with van der Waals surface area (Å²) in [5.74, 6) is 1.18. The molecule has 148 valence electrons. The van der Waals surface area contributed by atoms with Crippen LogP contribution < -0.4 is 4.90 Å². The second-order valence-electron chi connectivity index (χ2n) is 7.74. The van der Waals surface area contributed by atoms with Crippen LogP contribution in [0.3, 0.4) is 0 Å². The highest BCUT2D eigenvalue weighted by atomic mass is 16.2. The number of aromatic nitrogens is 1. The van der Waals surface area contributed by atoms with E-state index in [2.05, 4.69) is 57.7 Å². The number of benzene rings is 1. The summed E-state index contributed by atoms with van der Waals surface area (Å²) in [7, 11) is 4.11. The molecule has 28 heavy (non-hydrogen) atoms. The van der Waals surface area contributed by atoms with E-state index < -0.39 is 0 Å². The molecule has 1 saturated heterocycles. The number of fused-ring (bicyclic) bond motifs is 1. The summed E-state index contributed by atoms with van der Waals surface area (Å²) < 4.78 is 0. The highest BCUT2D eigenvalue weighted by Gasteiger charge is 2.44. The number of hydrogen-bond acceptors (Lipinski definition) is 5. The quantitative estimate of drug-likeness (QED) is 0.799. The zero-order valence-corrected chi connectivity index (χ0v) is 17.0. The number of amides is 1. The predicted octanol–water partition coefficient (Wildman–Crippen LogP) is 2.66. The Hall–Kier alpha value is -2.44. The van der Waals surface area contributed by atoms with Crippen LogP contribution in [0, 0.1) is 0 Å². The van der Waals surface area contributed by atoms with Crippen molar-refractivity contribution in [1.29, 1.82) is 0 Å². The van der Waals surface area contributed by atoms with Gasteiger partial charge in [-0.2, -0.15) is 0 Å². The van der Waals surface area contributed by atoms with E-state index in [1.54, 1.807) is 0 Å². The van der Waals surface area contributed by atoms with Crippen molar-refractivity contribution in [1.82, 2.24) is 19.7 Å². The molecule has 0 spiro atoms. The maximum atomic E-state index is 13.3. The average molecular weight is 380 g/mol. The maximum Gasteiger partial charge on any atom is 0.257 e. The molecule has 3 heterocycles. The third-order valence-corrected chi connectivity index (χ3v) is 5.88. The first-order chi connectivity index (χ1) is 13.6. The van der Waals surface area contributed by atoms with Crippen molar-refractivity contribution >= 4 is 11.7 Å². The van der Waals surface area contributed by atoms with Gasteiger partial charge in [0, 0.05) is 43.5 Å². The maximum absolute atomic E-state index is 13.3. The standard InChI is InChI=1S/C22H29N5O/c1-4-20(24(2)3)27-21(17-9-5-6-10-18(17)22(27)28)26-15-13-25(14-16-26)19-11-7-8-12-23-19/h5-12,20-21H,4,13-16H2,1-3H3. The summed E-state index contributed by atoms with van der Waals surface area (Å²) in [4.78, 5) is 26.8. The predicted molar refractivity (Wildman–Crippen MR) is 111 cm³/mol. The first-order valence-corrected chi connectivity index (χ1v) is 10.1. The Morgan fingerprint density at radius 2 is 1.79 bits per heavy atom. The van der Waals surface area contributed by atoms with E-state index in [1.807, 2.05) is 36.5 Å². The number of anilines is 1. The van der Waals surface area contributed by atoms with Gasteiger partial charge >= 0.3 is 0 Å². The SMILES string of the molecule is CCC(N(C)C)N1C(=O)c2ccccc2C1N1CCN(c2ccccn2)CC1. The van der Waals surface area contributed by atoms with E-state index in [4.69, 9.17) is 0 Å². The van der Waals surface area contributed by atoms with Crippen LogP contribution in [0.25, 0.3) is 0 Å². The summed E-state index contributed by atoms with van der Waals surface area (Å²) in [5.41, 5.74) is 1.99. The highest BCUT2D eigenvalue weighted by molar-refractivity contribution is 5.99. The van der Waals surface area contributed by atoms with Crippen LogP contribution in [0.4, 0.5) is 5.82 Å². The minimum Gasteiger partial charge on any atom is -0.354 e. The first kappa shape index (κ1) is 18.9. The topological polar surface area (TPSA) is 42.9 Å². The Labute approximate surface area is 167 Å². The van der Waals surface area contributed by atoms with Gasteiger partial charge in [-0.05, 0) is 38.7 Å². The number of rotatable bonds is 5. The van der Waals surface area contributed by atoms with Gasteiger partial charge in [0.15, 0.2) is 0 Å². The molecule has 0 radical (unpaired) electrons. The van der Waals surface area contributed by atoms with Gasteiger partial charge in [0.2, 0.25) is 0 Å². The fraction of sp³-hybridized carbons (Fsp3) is 0.455. The molecule has 6 heteroatoms. The average Bonchev–Trinajstić information content (AvgIpc) is 3.02. The van der Waals surface area contributed by atoms with Crippen molar-refractivity contribution in [2.45, 2.75) is 25.7 Å².